The van der Waals surface area contributed by atoms with Gasteiger partial charge in [-0.1, -0.05) is 32.9 Å². The Labute approximate surface area is 164 Å². The number of piperidine rings is 1. The normalized spacial score (nSPS) is 17.1. The molecule has 1 heterocycles. The highest BCUT2D eigenvalue weighted by molar-refractivity contribution is 7.89. The van der Waals surface area contributed by atoms with E-state index in [2.05, 4.69) is 20.8 Å². The Balaban J connectivity index is 0.00000338. The van der Waals surface area contributed by atoms with Gasteiger partial charge < -0.3 is 10.5 Å². The first kappa shape index (κ1) is 23.4. The zero-order chi connectivity index (χ0) is 18.5. The van der Waals surface area contributed by atoms with E-state index in [-0.39, 0.29) is 23.9 Å². The van der Waals surface area contributed by atoms with E-state index in [0.717, 1.165) is 25.7 Å². The summed E-state index contributed by atoms with van der Waals surface area (Å²) in [5, 5.41) is 0. The molecular formula is C19H33ClN2O3S. The molecule has 1 aliphatic heterocycles. The second kappa shape index (κ2) is 10.0. The fourth-order valence-corrected chi connectivity index (χ4v) is 4.47. The summed E-state index contributed by atoms with van der Waals surface area (Å²) in [4.78, 5) is 0.380. The van der Waals surface area contributed by atoms with Crippen molar-refractivity contribution in [2.24, 2.45) is 5.73 Å². The number of sulfonamides is 1. The van der Waals surface area contributed by atoms with Gasteiger partial charge in [-0.2, -0.15) is 4.31 Å². The molecule has 0 radical (unpaired) electrons. The molecule has 0 atom stereocenters. The van der Waals surface area contributed by atoms with Crippen LogP contribution < -0.4 is 5.73 Å². The van der Waals surface area contributed by atoms with Crippen LogP contribution in [0.25, 0.3) is 0 Å². The molecule has 7 heteroatoms. The summed E-state index contributed by atoms with van der Waals surface area (Å²) in [5.41, 5.74) is 6.69. The Morgan fingerprint density at radius 3 is 2.27 bits per heavy atom. The highest BCUT2D eigenvalue weighted by Crippen LogP contribution is 2.29. The largest absolute Gasteiger partial charge is 0.378 e. The first-order valence-electron chi connectivity index (χ1n) is 9.23. The quantitative estimate of drug-likeness (QED) is 0.674. The zero-order valence-electron chi connectivity index (χ0n) is 16.1. The zero-order valence-corrected chi connectivity index (χ0v) is 17.7. The van der Waals surface area contributed by atoms with Gasteiger partial charge in [-0.3, -0.25) is 0 Å². The molecule has 2 N–H and O–H groups in total. The van der Waals surface area contributed by atoms with Gasteiger partial charge in [0, 0.05) is 19.7 Å². The topological polar surface area (TPSA) is 72.6 Å². The van der Waals surface area contributed by atoms with Crippen molar-refractivity contribution >= 4 is 22.4 Å². The van der Waals surface area contributed by atoms with Gasteiger partial charge in [-0.05, 0) is 55.3 Å². The molecule has 0 aliphatic carbocycles. The van der Waals surface area contributed by atoms with Gasteiger partial charge >= 0.3 is 0 Å². The predicted molar refractivity (Wildman–Crippen MR) is 108 cm³/mol. The van der Waals surface area contributed by atoms with Gasteiger partial charge in [0.1, 0.15) is 0 Å². The van der Waals surface area contributed by atoms with Crippen molar-refractivity contribution < 1.29 is 13.2 Å². The van der Waals surface area contributed by atoms with Gasteiger partial charge in [0.05, 0.1) is 11.0 Å². The lowest BCUT2D eigenvalue weighted by atomic mass is 9.82. The molecule has 26 heavy (non-hydrogen) atoms. The Bertz CT molecular complexity index is 639. The van der Waals surface area contributed by atoms with Crippen molar-refractivity contribution in [3.63, 3.8) is 0 Å². The number of hydrogen-bond donors (Lipinski definition) is 1. The first-order chi connectivity index (χ1) is 11.8. The molecule has 1 aromatic rings. The molecule has 1 saturated heterocycles. The van der Waals surface area contributed by atoms with E-state index in [4.69, 9.17) is 10.5 Å². The van der Waals surface area contributed by atoms with E-state index in [0.29, 0.717) is 31.1 Å². The van der Waals surface area contributed by atoms with Crippen LogP contribution in [0.2, 0.25) is 0 Å². The number of halogens is 1. The van der Waals surface area contributed by atoms with Gasteiger partial charge in [-0.25, -0.2) is 8.42 Å². The van der Waals surface area contributed by atoms with Crippen LogP contribution in [0.5, 0.6) is 0 Å². The van der Waals surface area contributed by atoms with Crippen LogP contribution >= 0.6 is 12.4 Å². The maximum atomic E-state index is 12.9. The van der Waals surface area contributed by atoms with Gasteiger partial charge in [-0.15, -0.1) is 12.4 Å². The summed E-state index contributed by atoms with van der Waals surface area (Å²) < 4.78 is 33.0. The second-order valence-corrected chi connectivity index (χ2v) is 9.32. The fraction of sp³-hybridized carbons (Fsp3) is 0.684. The van der Waals surface area contributed by atoms with Crippen LogP contribution in [0.1, 0.15) is 52.0 Å². The molecule has 0 bridgehead atoms. The second-order valence-electron chi connectivity index (χ2n) is 7.38. The molecule has 0 saturated carbocycles. The molecule has 1 aromatic carbocycles. The molecule has 0 spiro atoms. The van der Waals surface area contributed by atoms with E-state index in [9.17, 15) is 8.42 Å². The summed E-state index contributed by atoms with van der Waals surface area (Å²) in [6, 6.07) is 7.37. The average Bonchev–Trinajstić information content (AvgIpc) is 2.62. The molecule has 5 nitrogen and oxygen atoms in total. The van der Waals surface area contributed by atoms with E-state index in [1.165, 1.54) is 5.56 Å². The monoisotopic (exact) mass is 404 g/mol. The maximum absolute atomic E-state index is 12.9. The van der Waals surface area contributed by atoms with E-state index >= 15 is 0 Å². The molecule has 0 aromatic heterocycles. The summed E-state index contributed by atoms with van der Waals surface area (Å²) in [7, 11) is -3.42. The SMILES string of the molecule is CCC(C)(C)c1ccc(S(=O)(=O)N2CCC(OCCCN)CC2)cc1.Cl. The van der Waals surface area contributed by atoms with Crippen molar-refractivity contribution in [1.29, 1.82) is 0 Å². The van der Waals surface area contributed by atoms with Gasteiger partial charge in [0.15, 0.2) is 0 Å². The molecule has 2 rings (SSSR count). The first-order valence-corrected chi connectivity index (χ1v) is 10.7. The number of rotatable bonds is 8. The van der Waals surface area contributed by atoms with Crippen LogP contribution in [0, 0.1) is 0 Å². The smallest absolute Gasteiger partial charge is 0.243 e. The van der Waals surface area contributed by atoms with Crippen LogP contribution in [0.3, 0.4) is 0 Å². The summed E-state index contributed by atoms with van der Waals surface area (Å²) in [6.07, 6.45) is 3.48. The molecule has 0 unspecified atom stereocenters. The molecular weight excluding hydrogens is 372 g/mol. The maximum Gasteiger partial charge on any atom is 0.243 e. The molecule has 0 amide bonds. The lowest BCUT2D eigenvalue weighted by Crippen LogP contribution is -2.41. The lowest BCUT2D eigenvalue weighted by Gasteiger charge is -2.31. The minimum atomic E-state index is -3.42. The number of benzene rings is 1. The third kappa shape index (κ3) is 5.67. The lowest BCUT2D eigenvalue weighted by molar-refractivity contribution is 0.0209. The summed E-state index contributed by atoms with van der Waals surface area (Å²) in [6.45, 7) is 8.79. The van der Waals surface area contributed by atoms with Crippen molar-refractivity contribution in [2.45, 2.75) is 62.9 Å². The Hall–Kier alpha value is -0.660. The Morgan fingerprint density at radius 2 is 1.77 bits per heavy atom. The van der Waals surface area contributed by atoms with Crippen molar-refractivity contribution in [2.75, 3.05) is 26.2 Å². The standard InChI is InChI=1S/C19H32N2O3S.ClH/c1-4-19(2,3)16-6-8-18(9-7-16)25(22,23)21-13-10-17(11-14-21)24-15-5-12-20;/h6-9,17H,4-5,10-15,20H2,1-3H3;1H. The number of hydrogen-bond acceptors (Lipinski definition) is 4. The minimum absolute atomic E-state index is 0. The Morgan fingerprint density at radius 1 is 1.19 bits per heavy atom. The number of nitrogens with two attached hydrogens (primary N) is 1. The minimum Gasteiger partial charge on any atom is -0.378 e. The Kier molecular flexibility index (Phi) is 9.03. The average molecular weight is 405 g/mol. The summed E-state index contributed by atoms with van der Waals surface area (Å²) >= 11 is 0. The highest BCUT2D eigenvalue weighted by atomic mass is 35.5. The van der Waals surface area contributed by atoms with Gasteiger partial charge in [0.2, 0.25) is 10.0 Å². The summed E-state index contributed by atoms with van der Waals surface area (Å²) in [5.74, 6) is 0. The molecule has 1 fully saturated rings. The number of nitrogens with zero attached hydrogens (tertiary/aromatic N) is 1. The van der Waals surface area contributed by atoms with E-state index < -0.39 is 10.0 Å². The number of ether oxygens (including phenoxy) is 1. The van der Waals surface area contributed by atoms with E-state index in [1.807, 2.05) is 12.1 Å². The van der Waals surface area contributed by atoms with Crippen LogP contribution in [-0.2, 0) is 20.2 Å². The predicted octanol–water partition coefficient (Wildman–Crippen LogP) is 3.31. The van der Waals surface area contributed by atoms with Crippen molar-refractivity contribution in [3.8, 4) is 0 Å². The van der Waals surface area contributed by atoms with Crippen LogP contribution in [-0.4, -0.2) is 45.1 Å². The third-order valence-electron chi connectivity index (χ3n) is 5.26. The highest BCUT2D eigenvalue weighted by Gasteiger charge is 2.30. The molecule has 1 aliphatic rings. The fourth-order valence-electron chi connectivity index (χ4n) is 3.00. The van der Waals surface area contributed by atoms with Crippen LogP contribution in [0.15, 0.2) is 29.2 Å². The van der Waals surface area contributed by atoms with Crippen molar-refractivity contribution in [3.05, 3.63) is 29.8 Å². The van der Waals surface area contributed by atoms with Gasteiger partial charge in [0.25, 0.3) is 0 Å². The van der Waals surface area contributed by atoms with Crippen LogP contribution in [0.4, 0.5) is 0 Å². The third-order valence-corrected chi connectivity index (χ3v) is 7.17. The van der Waals surface area contributed by atoms with Crippen molar-refractivity contribution in [1.82, 2.24) is 4.31 Å². The van der Waals surface area contributed by atoms with E-state index in [1.54, 1.807) is 16.4 Å². The molecule has 150 valence electrons.